The van der Waals surface area contributed by atoms with Gasteiger partial charge in [-0.1, -0.05) is 51.3 Å². The highest BCUT2D eigenvalue weighted by molar-refractivity contribution is 9.10. The maximum absolute atomic E-state index is 12.4. The summed E-state index contributed by atoms with van der Waals surface area (Å²) in [6, 6.07) is 10.6. The molecule has 0 amide bonds. The van der Waals surface area contributed by atoms with Gasteiger partial charge in [0.1, 0.15) is 0 Å². The van der Waals surface area contributed by atoms with Gasteiger partial charge in [-0.3, -0.25) is 4.21 Å². The van der Waals surface area contributed by atoms with Crippen molar-refractivity contribution in [3.8, 4) is 0 Å². The lowest BCUT2D eigenvalue weighted by Crippen LogP contribution is -2.01. The second kappa shape index (κ2) is 6.27. The Morgan fingerprint density at radius 1 is 1.21 bits per heavy atom. The Bertz CT molecular complexity index is 649. The highest BCUT2D eigenvalue weighted by Gasteiger charge is 2.12. The maximum atomic E-state index is 12.4. The van der Waals surface area contributed by atoms with Crippen molar-refractivity contribution in [2.24, 2.45) is 0 Å². The number of rotatable bonds is 3. The van der Waals surface area contributed by atoms with Crippen molar-refractivity contribution in [3.05, 3.63) is 56.5 Å². The average molecular weight is 379 g/mol. The number of hydrogen-bond donors (Lipinski definition) is 1. The predicted octanol–water partition coefficient (Wildman–Crippen LogP) is 4.65. The molecule has 0 saturated carbocycles. The summed E-state index contributed by atoms with van der Waals surface area (Å²) in [4.78, 5) is 0.588. The van der Waals surface area contributed by atoms with Crippen molar-refractivity contribution in [3.63, 3.8) is 0 Å². The van der Waals surface area contributed by atoms with E-state index in [2.05, 4.69) is 15.9 Å². The van der Waals surface area contributed by atoms with E-state index >= 15 is 0 Å². The molecule has 2 aromatic carbocycles. The summed E-state index contributed by atoms with van der Waals surface area (Å²) in [7, 11) is -1.27. The van der Waals surface area contributed by atoms with Crippen molar-refractivity contribution >= 4 is 55.6 Å². The van der Waals surface area contributed by atoms with Crippen LogP contribution in [0.1, 0.15) is 5.56 Å². The minimum atomic E-state index is -1.27. The molecule has 1 unspecified atom stereocenters. The minimum absolute atomic E-state index is 0.278. The molecule has 0 bridgehead atoms. The number of halogens is 3. The van der Waals surface area contributed by atoms with Crippen LogP contribution in [0, 0.1) is 0 Å². The summed E-state index contributed by atoms with van der Waals surface area (Å²) in [6.07, 6.45) is 0. The third-order valence-corrected chi connectivity index (χ3v) is 5.31. The molecule has 2 nitrogen and oxygen atoms in total. The smallest absolute Gasteiger partial charge is 0.0633 e. The van der Waals surface area contributed by atoms with Crippen molar-refractivity contribution in [1.29, 1.82) is 0 Å². The summed E-state index contributed by atoms with van der Waals surface area (Å²) < 4.78 is 13.2. The molecule has 0 aliphatic rings. The van der Waals surface area contributed by atoms with E-state index in [0.29, 0.717) is 20.6 Å². The van der Waals surface area contributed by atoms with Crippen LogP contribution in [0.25, 0.3) is 0 Å². The number of nitrogen functional groups attached to an aromatic ring is 1. The first-order chi connectivity index (χ1) is 8.99. The van der Waals surface area contributed by atoms with Crippen LogP contribution in [-0.2, 0) is 16.6 Å². The lowest BCUT2D eigenvalue weighted by Gasteiger charge is -2.08. The number of nitrogens with two attached hydrogens (primary N) is 1. The molecule has 0 heterocycles. The Balaban J connectivity index is 2.31. The van der Waals surface area contributed by atoms with Gasteiger partial charge in [0, 0.05) is 10.2 Å². The van der Waals surface area contributed by atoms with E-state index in [0.717, 1.165) is 10.0 Å². The van der Waals surface area contributed by atoms with Crippen LogP contribution in [0.2, 0.25) is 10.0 Å². The molecule has 100 valence electrons. The van der Waals surface area contributed by atoms with Crippen molar-refractivity contribution < 1.29 is 4.21 Å². The van der Waals surface area contributed by atoms with Gasteiger partial charge in [0.05, 0.1) is 31.5 Å². The van der Waals surface area contributed by atoms with Crippen LogP contribution < -0.4 is 5.73 Å². The Morgan fingerprint density at radius 2 is 1.95 bits per heavy atom. The van der Waals surface area contributed by atoms with E-state index in [4.69, 9.17) is 28.9 Å². The topological polar surface area (TPSA) is 43.1 Å². The average Bonchev–Trinajstić information content (AvgIpc) is 2.38. The second-order valence-electron chi connectivity index (χ2n) is 3.88. The third kappa shape index (κ3) is 3.51. The highest BCUT2D eigenvalue weighted by atomic mass is 79.9. The normalized spacial score (nSPS) is 12.4. The third-order valence-electron chi connectivity index (χ3n) is 2.54. The molecule has 0 fully saturated rings. The summed E-state index contributed by atoms with van der Waals surface area (Å²) in [6.45, 7) is 0. The van der Waals surface area contributed by atoms with Gasteiger partial charge >= 0.3 is 0 Å². The van der Waals surface area contributed by atoms with E-state index in [1.807, 2.05) is 6.07 Å². The Morgan fingerprint density at radius 3 is 2.68 bits per heavy atom. The Kier molecular flexibility index (Phi) is 4.90. The fourth-order valence-corrected chi connectivity index (χ4v) is 3.83. The zero-order chi connectivity index (χ0) is 14.0. The zero-order valence-corrected chi connectivity index (χ0v) is 13.6. The standard InChI is InChI=1S/C13H10BrCl2NOS/c14-9-4-5-11(17)12(6-9)19(18)7-8-2-1-3-10(15)13(8)16/h1-6H,7,17H2. The van der Waals surface area contributed by atoms with Crippen LogP contribution in [0.5, 0.6) is 0 Å². The van der Waals surface area contributed by atoms with E-state index in [9.17, 15) is 4.21 Å². The molecular formula is C13H10BrCl2NOS. The van der Waals surface area contributed by atoms with Gasteiger partial charge in [0.25, 0.3) is 0 Å². The molecule has 19 heavy (non-hydrogen) atoms. The molecule has 2 rings (SSSR count). The molecule has 2 N–H and O–H groups in total. The highest BCUT2D eigenvalue weighted by Crippen LogP contribution is 2.29. The van der Waals surface area contributed by atoms with Crippen LogP contribution >= 0.6 is 39.1 Å². The van der Waals surface area contributed by atoms with Gasteiger partial charge in [0.15, 0.2) is 0 Å². The molecule has 0 radical (unpaired) electrons. The molecular weight excluding hydrogens is 369 g/mol. The van der Waals surface area contributed by atoms with Gasteiger partial charge in [-0.2, -0.15) is 0 Å². The molecule has 6 heteroatoms. The molecule has 0 aromatic heterocycles. The SMILES string of the molecule is Nc1ccc(Br)cc1S(=O)Cc1cccc(Cl)c1Cl. The first-order valence-electron chi connectivity index (χ1n) is 5.35. The molecule has 2 aromatic rings. The van der Waals surface area contributed by atoms with Crippen molar-refractivity contribution in [2.75, 3.05) is 5.73 Å². The summed E-state index contributed by atoms with van der Waals surface area (Å²) in [5.41, 5.74) is 7.08. The number of hydrogen-bond acceptors (Lipinski definition) is 2. The second-order valence-corrected chi connectivity index (χ2v) is 7.01. The Hall–Kier alpha value is -0.550. The van der Waals surface area contributed by atoms with Crippen LogP contribution in [0.15, 0.2) is 45.8 Å². The zero-order valence-electron chi connectivity index (χ0n) is 9.70. The van der Waals surface area contributed by atoms with E-state index in [1.54, 1.807) is 30.3 Å². The van der Waals surface area contributed by atoms with Crippen LogP contribution in [0.3, 0.4) is 0 Å². The summed E-state index contributed by atoms with van der Waals surface area (Å²) >= 11 is 15.4. The molecule has 0 spiro atoms. The van der Waals surface area contributed by atoms with Gasteiger partial charge in [-0.15, -0.1) is 0 Å². The van der Waals surface area contributed by atoms with Gasteiger partial charge < -0.3 is 5.73 Å². The summed E-state index contributed by atoms with van der Waals surface area (Å²) in [5, 5.41) is 0.893. The summed E-state index contributed by atoms with van der Waals surface area (Å²) in [5.74, 6) is 0.278. The largest absolute Gasteiger partial charge is 0.398 e. The lowest BCUT2D eigenvalue weighted by molar-refractivity contribution is 0.683. The van der Waals surface area contributed by atoms with Gasteiger partial charge in [-0.25, -0.2) is 0 Å². The van der Waals surface area contributed by atoms with Gasteiger partial charge in [0.2, 0.25) is 0 Å². The molecule has 1 atom stereocenters. The van der Waals surface area contributed by atoms with E-state index in [1.165, 1.54) is 0 Å². The predicted molar refractivity (Wildman–Crippen MR) is 85.1 cm³/mol. The van der Waals surface area contributed by atoms with E-state index < -0.39 is 10.8 Å². The Labute approximate surface area is 132 Å². The monoisotopic (exact) mass is 377 g/mol. The molecule has 0 saturated heterocycles. The molecule has 0 aliphatic heterocycles. The lowest BCUT2D eigenvalue weighted by atomic mass is 10.2. The van der Waals surface area contributed by atoms with Crippen LogP contribution in [0.4, 0.5) is 5.69 Å². The maximum Gasteiger partial charge on any atom is 0.0633 e. The first kappa shape index (κ1) is 14.9. The minimum Gasteiger partial charge on any atom is -0.398 e. The quantitative estimate of drug-likeness (QED) is 0.790. The van der Waals surface area contributed by atoms with Crippen LogP contribution in [-0.4, -0.2) is 4.21 Å². The van der Waals surface area contributed by atoms with Gasteiger partial charge in [-0.05, 0) is 29.8 Å². The molecule has 0 aliphatic carbocycles. The fourth-order valence-electron chi connectivity index (χ4n) is 1.58. The number of anilines is 1. The van der Waals surface area contributed by atoms with E-state index in [-0.39, 0.29) is 5.75 Å². The number of benzene rings is 2. The first-order valence-corrected chi connectivity index (χ1v) is 8.22. The fraction of sp³-hybridized carbons (Fsp3) is 0.0769. The van der Waals surface area contributed by atoms with Crippen molar-refractivity contribution in [2.45, 2.75) is 10.6 Å². The van der Waals surface area contributed by atoms with Crippen molar-refractivity contribution in [1.82, 2.24) is 0 Å².